The van der Waals surface area contributed by atoms with E-state index in [1.54, 1.807) is 0 Å². The smallest absolute Gasteiger partial charge is 0.153 e. The van der Waals surface area contributed by atoms with E-state index in [0.29, 0.717) is 5.75 Å². The quantitative estimate of drug-likeness (QED) is 0.737. The Morgan fingerprint density at radius 3 is 2.12 bits per heavy atom. The first-order valence-corrected chi connectivity index (χ1v) is 9.38. The molecule has 1 atom stereocenters. The molecule has 0 N–H and O–H groups in total. The molecule has 0 saturated heterocycles. The minimum atomic E-state index is -2.91. The lowest BCUT2D eigenvalue weighted by atomic mass is 9.83. The van der Waals surface area contributed by atoms with Gasteiger partial charge in [-0.3, -0.25) is 0 Å². The summed E-state index contributed by atoms with van der Waals surface area (Å²) in [5.41, 5.74) is 0.0469. The van der Waals surface area contributed by atoms with Crippen molar-refractivity contribution in [3.05, 3.63) is 0 Å². The molecule has 0 heterocycles. The second kappa shape index (κ2) is 6.05. The van der Waals surface area contributed by atoms with Gasteiger partial charge in [-0.2, -0.15) is 0 Å². The molecule has 0 aliphatic heterocycles. The zero-order chi connectivity index (χ0) is 13.1. The Labute approximate surface area is 115 Å². The topological polar surface area (TPSA) is 34.1 Å². The Hall–Kier alpha value is 0.430. The minimum Gasteiger partial charge on any atom is -0.229 e. The van der Waals surface area contributed by atoms with Gasteiger partial charge in [-0.1, -0.05) is 56.0 Å². The predicted octanol–water partition coefficient (Wildman–Crippen LogP) is 3.79. The van der Waals surface area contributed by atoms with Gasteiger partial charge < -0.3 is 0 Å². The van der Waals surface area contributed by atoms with Gasteiger partial charge in [-0.15, -0.1) is 0 Å². The molecule has 0 aromatic heterocycles. The summed E-state index contributed by atoms with van der Waals surface area (Å²) in [6, 6.07) is 0. The van der Waals surface area contributed by atoms with Gasteiger partial charge in [0.2, 0.25) is 0 Å². The molecule has 1 fully saturated rings. The fourth-order valence-electron chi connectivity index (χ4n) is 2.37. The maximum Gasteiger partial charge on any atom is 0.153 e. The van der Waals surface area contributed by atoms with Crippen LogP contribution in [0.1, 0.15) is 52.9 Å². The average molecular weight is 325 g/mol. The van der Waals surface area contributed by atoms with Crippen LogP contribution in [0, 0.1) is 11.3 Å². The van der Waals surface area contributed by atoms with Crippen molar-refractivity contribution in [1.29, 1.82) is 0 Å². The Balaban J connectivity index is 2.70. The third kappa shape index (κ3) is 4.55. The van der Waals surface area contributed by atoms with Crippen LogP contribution in [0.3, 0.4) is 0 Å². The van der Waals surface area contributed by atoms with E-state index in [-0.39, 0.29) is 16.6 Å². The van der Waals surface area contributed by atoms with Gasteiger partial charge in [-0.25, -0.2) is 8.42 Å². The van der Waals surface area contributed by atoms with E-state index in [1.165, 1.54) is 6.42 Å². The SMILES string of the molecule is CC(C)(C)C(CBr)CS(=O)(=O)C1CCCCC1. The Morgan fingerprint density at radius 2 is 1.71 bits per heavy atom. The van der Waals surface area contributed by atoms with Crippen molar-refractivity contribution >= 4 is 25.8 Å². The number of halogens is 1. The summed E-state index contributed by atoms with van der Waals surface area (Å²) in [6.07, 6.45) is 5.12. The van der Waals surface area contributed by atoms with E-state index >= 15 is 0 Å². The molecule has 1 aliphatic carbocycles. The molecule has 2 nitrogen and oxygen atoms in total. The monoisotopic (exact) mass is 324 g/mol. The highest BCUT2D eigenvalue weighted by molar-refractivity contribution is 9.09. The number of alkyl halides is 1. The number of sulfone groups is 1. The molecule has 4 heteroatoms. The van der Waals surface area contributed by atoms with E-state index in [9.17, 15) is 8.42 Å². The van der Waals surface area contributed by atoms with E-state index in [2.05, 4.69) is 36.7 Å². The first kappa shape index (κ1) is 15.5. The lowest BCUT2D eigenvalue weighted by Crippen LogP contribution is -2.35. The van der Waals surface area contributed by atoms with Crippen molar-refractivity contribution in [3.8, 4) is 0 Å². The van der Waals surface area contributed by atoms with E-state index in [4.69, 9.17) is 0 Å². The van der Waals surface area contributed by atoms with Crippen LogP contribution >= 0.6 is 15.9 Å². The van der Waals surface area contributed by atoms with Gasteiger partial charge in [0, 0.05) is 5.33 Å². The van der Waals surface area contributed by atoms with Crippen molar-refractivity contribution in [1.82, 2.24) is 0 Å². The normalized spacial score (nSPS) is 21.4. The van der Waals surface area contributed by atoms with Gasteiger partial charge in [0.1, 0.15) is 0 Å². The van der Waals surface area contributed by atoms with Gasteiger partial charge in [0.25, 0.3) is 0 Å². The maximum absolute atomic E-state index is 12.4. The van der Waals surface area contributed by atoms with Crippen LogP contribution in [0.4, 0.5) is 0 Å². The van der Waals surface area contributed by atoms with Crippen LogP contribution in [0.5, 0.6) is 0 Å². The predicted molar refractivity (Wildman–Crippen MR) is 77.4 cm³/mol. The maximum atomic E-state index is 12.4. The zero-order valence-corrected chi connectivity index (χ0v) is 13.6. The lowest BCUT2D eigenvalue weighted by Gasteiger charge is -2.31. The summed E-state index contributed by atoms with van der Waals surface area (Å²) in [5.74, 6) is 0.543. The fraction of sp³-hybridized carbons (Fsp3) is 1.00. The summed E-state index contributed by atoms with van der Waals surface area (Å²) >= 11 is 3.46. The average Bonchev–Trinajstić information content (AvgIpc) is 2.25. The summed E-state index contributed by atoms with van der Waals surface area (Å²) in [4.78, 5) is 0. The zero-order valence-electron chi connectivity index (χ0n) is 11.2. The van der Waals surface area contributed by atoms with Gasteiger partial charge in [-0.05, 0) is 24.2 Å². The second-order valence-corrected chi connectivity index (χ2v) is 9.28. The van der Waals surface area contributed by atoms with Crippen LogP contribution in [0.25, 0.3) is 0 Å². The molecule has 0 bridgehead atoms. The van der Waals surface area contributed by atoms with Crippen molar-refractivity contribution < 1.29 is 8.42 Å². The van der Waals surface area contributed by atoms with Gasteiger partial charge in [0.05, 0.1) is 11.0 Å². The Morgan fingerprint density at radius 1 is 1.18 bits per heavy atom. The Bertz CT molecular complexity index is 324. The largest absolute Gasteiger partial charge is 0.229 e. The molecular weight excluding hydrogens is 300 g/mol. The molecule has 0 radical (unpaired) electrons. The van der Waals surface area contributed by atoms with Gasteiger partial charge >= 0.3 is 0 Å². The summed E-state index contributed by atoms with van der Waals surface area (Å²) in [7, 11) is -2.91. The van der Waals surface area contributed by atoms with Crippen LogP contribution in [-0.4, -0.2) is 24.8 Å². The third-order valence-electron chi connectivity index (χ3n) is 3.90. The summed E-state index contributed by atoms with van der Waals surface area (Å²) in [5, 5.41) is 0.697. The highest BCUT2D eigenvalue weighted by Crippen LogP contribution is 2.32. The van der Waals surface area contributed by atoms with Gasteiger partial charge in [0.15, 0.2) is 9.84 Å². The molecule has 0 spiro atoms. The molecule has 1 unspecified atom stereocenters. The molecule has 1 saturated carbocycles. The van der Waals surface area contributed by atoms with Crippen molar-refractivity contribution in [3.63, 3.8) is 0 Å². The van der Waals surface area contributed by atoms with Crippen LogP contribution in [0.15, 0.2) is 0 Å². The summed E-state index contributed by atoms with van der Waals surface area (Å²) in [6.45, 7) is 6.36. The molecule has 102 valence electrons. The van der Waals surface area contributed by atoms with Crippen molar-refractivity contribution in [2.75, 3.05) is 11.1 Å². The molecule has 0 amide bonds. The second-order valence-electron chi connectivity index (χ2n) is 6.31. The highest BCUT2D eigenvalue weighted by atomic mass is 79.9. The number of rotatable bonds is 4. The number of hydrogen-bond acceptors (Lipinski definition) is 2. The molecule has 1 aliphatic rings. The van der Waals surface area contributed by atoms with Crippen molar-refractivity contribution in [2.24, 2.45) is 11.3 Å². The van der Waals surface area contributed by atoms with E-state index < -0.39 is 9.84 Å². The molecule has 1 rings (SSSR count). The third-order valence-corrected chi connectivity index (χ3v) is 7.04. The highest BCUT2D eigenvalue weighted by Gasteiger charge is 2.33. The molecule has 17 heavy (non-hydrogen) atoms. The Kier molecular flexibility index (Phi) is 5.51. The first-order valence-electron chi connectivity index (χ1n) is 6.55. The minimum absolute atomic E-state index is 0.0469. The molecule has 0 aromatic rings. The van der Waals surface area contributed by atoms with Crippen LogP contribution in [-0.2, 0) is 9.84 Å². The van der Waals surface area contributed by atoms with Crippen molar-refractivity contribution in [2.45, 2.75) is 58.1 Å². The standard InChI is InChI=1S/C13H25BrO2S/c1-13(2,3)11(9-14)10-17(15,16)12-7-5-4-6-8-12/h11-12H,4-10H2,1-3H3. The molecule has 0 aromatic carbocycles. The van der Waals surface area contributed by atoms with E-state index in [1.807, 2.05) is 0 Å². The first-order chi connectivity index (χ1) is 7.77. The fourth-order valence-corrected chi connectivity index (χ4v) is 6.37. The number of hydrogen-bond donors (Lipinski definition) is 0. The van der Waals surface area contributed by atoms with Crippen LogP contribution in [0.2, 0.25) is 0 Å². The lowest BCUT2D eigenvalue weighted by molar-refractivity contribution is 0.290. The van der Waals surface area contributed by atoms with Crippen LogP contribution < -0.4 is 0 Å². The van der Waals surface area contributed by atoms with E-state index in [0.717, 1.165) is 31.0 Å². The summed E-state index contributed by atoms with van der Waals surface area (Å²) < 4.78 is 24.8. The molecular formula is C13H25BrO2S.